The Morgan fingerprint density at radius 1 is 1.24 bits per heavy atom. The molecule has 0 aromatic heterocycles. The fraction of sp³-hybridized carbons (Fsp3) is 0.176. The molecule has 25 heavy (non-hydrogen) atoms. The van der Waals surface area contributed by atoms with E-state index in [1.807, 2.05) is 0 Å². The van der Waals surface area contributed by atoms with Crippen molar-refractivity contribution in [3.63, 3.8) is 0 Å². The van der Waals surface area contributed by atoms with Crippen molar-refractivity contribution in [2.45, 2.75) is 0 Å². The maximum absolute atomic E-state index is 11.8. The van der Waals surface area contributed by atoms with E-state index in [0.717, 1.165) is 10.0 Å². The Morgan fingerprint density at radius 2 is 1.96 bits per heavy atom. The van der Waals surface area contributed by atoms with E-state index in [-0.39, 0.29) is 12.5 Å². The first kappa shape index (κ1) is 19.1. The fourth-order valence-electron chi connectivity index (χ4n) is 1.94. The van der Waals surface area contributed by atoms with Crippen molar-refractivity contribution in [2.24, 2.45) is 5.16 Å². The number of nitrogens with one attached hydrogen (secondary N) is 1. The Kier molecular flexibility index (Phi) is 7.09. The molecule has 0 unspecified atom stereocenters. The number of hydrogen-bond acceptors (Lipinski definition) is 5. The average Bonchev–Trinajstić information content (AvgIpc) is 2.60. The molecule has 0 fully saturated rings. The van der Waals surface area contributed by atoms with Gasteiger partial charge in [-0.3, -0.25) is 4.79 Å². The van der Waals surface area contributed by atoms with Crippen molar-refractivity contribution in [1.82, 2.24) is 0 Å². The first-order valence-corrected chi connectivity index (χ1v) is 8.33. The lowest BCUT2D eigenvalue weighted by molar-refractivity contribution is -0.120. The monoisotopic (exact) mass is 426 g/mol. The first-order chi connectivity index (χ1) is 12.0. The van der Waals surface area contributed by atoms with Gasteiger partial charge in [0.15, 0.2) is 18.1 Å². The van der Waals surface area contributed by atoms with Gasteiger partial charge in [-0.25, -0.2) is 0 Å². The lowest BCUT2D eigenvalue weighted by Crippen LogP contribution is -2.16. The molecule has 0 saturated carbocycles. The van der Waals surface area contributed by atoms with E-state index in [1.54, 1.807) is 50.6 Å². The molecule has 132 valence electrons. The Hall–Kier alpha value is -2.25. The standard InChI is InChI=1S/C17H16BrClN2O4/c1-23-15-8-11(7-14(18)17(15)24-2)9-20-25-10-16(22)21-13-5-3-12(19)4-6-13/h3-9H,10H2,1-2H3,(H,21,22). The minimum absolute atomic E-state index is 0.215. The summed E-state index contributed by atoms with van der Waals surface area (Å²) in [5.41, 5.74) is 1.36. The minimum atomic E-state index is -0.326. The molecular weight excluding hydrogens is 412 g/mol. The molecule has 8 heteroatoms. The van der Waals surface area contributed by atoms with Gasteiger partial charge in [0.2, 0.25) is 0 Å². The number of benzene rings is 2. The Morgan fingerprint density at radius 3 is 2.60 bits per heavy atom. The summed E-state index contributed by atoms with van der Waals surface area (Å²) in [6.07, 6.45) is 1.47. The highest BCUT2D eigenvalue weighted by molar-refractivity contribution is 9.10. The van der Waals surface area contributed by atoms with Crippen LogP contribution in [0.1, 0.15) is 5.56 Å². The molecule has 2 aromatic carbocycles. The van der Waals surface area contributed by atoms with Crippen molar-refractivity contribution in [3.8, 4) is 11.5 Å². The zero-order chi connectivity index (χ0) is 18.2. The molecule has 2 aromatic rings. The van der Waals surface area contributed by atoms with E-state index in [9.17, 15) is 4.79 Å². The van der Waals surface area contributed by atoms with Gasteiger partial charge < -0.3 is 19.6 Å². The number of hydrogen-bond donors (Lipinski definition) is 1. The number of methoxy groups -OCH3 is 2. The molecule has 6 nitrogen and oxygen atoms in total. The highest BCUT2D eigenvalue weighted by Gasteiger charge is 2.09. The van der Waals surface area contributed by atoms with Crippen LogP contribution in [0.3, 0.4) is 0 Å². The van der Waals surface area contributed by atoms with Crippen LogP contribution in [0.2, 0.25) is 5.02 Å². The second kappa shape index (κ2) is 9.29. The lowest BCUT2D eigenvalue weighted by atomic mass is 10.2. The third-order valence-electron chi connectivity index (χ3n) is 3.06. The summed E-state index contributed by atoms with van der Waals surface area (Å²) in [4.78, 5) is 16.8. The summed E-state index contributed by atoms with van der Waals surface area (Å²) < 4.78 is 11.2. The van der Waals surface area contributed by atoms with Crippen LogP contribution in [0.4, 0.5) is 5.69 Å². The Balaban J connectivity index is 1.89. The number of rotatable bonds is 7. The van der Waals surface area contributed by atoms with Gasteiger partial charge >= 0.3 is 0 Å². The van der Waals surface area contributed by atoms with Crippen molar-refractivity contribution in [2.75, 3.05) is 26.1 Å². The number of carbonyl (C=O) groups excluding carboxylic acids is 1. The predicted molar refractivity (Wildman–Crippen MR) is 101 cm³/mol. The number of halogens is 2. The third-order valence-corrected chi connectivity index (χ3v) is 3.90. The van der Waals surface area contributed by atoms with Crippen LogP contribution in [-0.2, 0) is 9.63 Å². The van der Waals surface area contributed by atoms with Crippen LogP contribution in [0.15, 0.2) is 46.0 Å². The van der Waals surface area contributed by atoms with E-state index in [0.29, 0.717) is 22.2 Å². The number of carbonyl (C=O) groups is 1. The molecule has 0 spiro atoms. The summed E-state index contributed by atoms with van der Waals surface area (Å²) in [7, 11) is 3.10. The quantitative estimate of drug-likeness (QED) is 0.533. The third kappa shape index (κ3) is 5.65. The van der Waals surface area contributed by atoms with Gasteiger partial charge in [0, 0.05) is 16.3 Å². The molecule has 1 N–H and O–H groups in total. The maximum atomic E-state index is 11.8. The summed E-state index contributed by atoms with van der Waals surface area (Å²) in [6, 6.07) is 10.3. The minimum Gasteiger partial charge on any atom is -0.493 e. The van der Waals surface area contributed by atoms with Crippen LogP contribution in [0, 0.1) is 0 Å². The summed E-state index contributed by atoms with van der Waals surface area (Å²) in [5, 5.41) is 7.05. The molecule has 0 bridgehead atoms. The lowest BCUT2D eigenvalue weighted by Gasteiger charge is -2.10. The zero-order valence-electron chi connectivity index (χ0n) is 13.6. The van der Waals surface area contributed by atoms with Crippen molar-refractivity contribution in [3.05, 3.63) is 51.5 Å². The largest absolute Gasteiger partial charge is 0.493 e. The number of nitrogens with zero attached hydrogens (tertiary/aromatic N) is 1. The number of anilines is 1. The van der Waals surface area contributed by atoms with E-state index in [1.165, 1.54) is 6.21 Å². The van der Waals surface area contributed by atoms with Crippen molar-refractivity contribution >= 4 is 45.3 Å². The summed E-state index contributed by atoms with van der Waals surface area (Å²) in [5.74, 6) is 0.815. The molecule has 1 amide bonds. The second-order valence-corrected chi connectivity index (χ2v) is 6.09. The molecule has 2 rings (SSSR count). The SMILES string of the molecule is COc1cc(C=NOCC(=O)Nc2ccc(Cl)cc2)cc(Br)c1OC. The molecule has 0 saturated heterocycles. The predicted octanol–water partition coefficient (Wildman–Crippen LogP) is 4.11. The van der Waals surface area contributed by atoms with Crippen LogP contribution in [0.5, 0.6) is 11.5 Å². The van der Waals surface area contributed by atoms with E-state index in [2.05, 4.69) is 26.4 Å². The van der Waals surface area contributed by atoms with E-state index in [4.69, 9.17) is 25.9 Å². The van der Waals surface area contributed by atoms with E-state index < -0.39 is 0 Å². The normalized spacial score (nSPS) is 10.6. The number of oxime groups is 1. The van der Waals surface area contributed by atoms with Gasteiger partial charge in [-0.05, 0) is 52.3 Å². The Labute approximate surface area is 158 Å². The molecule has 0 aliphatic carbocycles. The molecule has 0 heterocycles. The number of amides is 1. The molecule has 0 radical (unpaired) electrons. The maximum Gasteiger partial charge on any atom is 0.265 e. The van der Waals surface area contributed by atoms with Gasteiger partial charge in [-0.15, -0.1) is 0 Å². The fourth-order valence-corrected chi connectivity index (χ4v) is 2.68. The van der Waals surface area contributed by atoms with Crippen LogP contribution < -0.4 is 14.8 Å². The van der Waals surface area contributed by atoms with Crippen molar-refractivity contribution < 1.29 is 19.1 Å². The van der Waals surface area contributed by atoms with Gasteiger partial charge in [-0.1, -0.05) is 16.8 Å². The molecule has 0 atom stereocenters. The summed E-state index contributed by atoms with van der Waals surface area (Å²) >= 11 is 9.18. The topological polar surface area (TPSA) is 69.2 Å². The average molecular weight is 428 g/mol. The first-order valence-electron chi connectivity index (χ1n) is 7.15. The van der Waals surface area contributed by atoms with Gasteiger partial charge in [-0.2, -0.15) is 0 Å². The van der Waals surface area contributed by atoms with Gasteiger partial charge in [0.1, 0.15) is 0 Å². The van der Waals surface area contributed by atoms with E-state index >= 15 is 0 Å². The zero-order valence-corrected chi connectivity index (χ0v) is 15.9. The molecule has 0 aliphatic rings. The Bertz CT molecular complexity index is 766. The number of ether oxygens (including phenoxy) is 2. The molecule has 0 aliphatic heterocycles. The second-order valence-electron chi connectivity index (χ2n) is 4.80. The van der Waals surface area contributed by atoms with Gasteiger partial charge in [0.05, 0.1) is 24.9 Å². The van der Waals surface area contributed by atoms with Crippen LogP contribution in [-0.4, -0.2) is 32.9 Å². The smallest absolute Gasteiger partial charge is 0.265 e. The highest BCUT2D eigenvalue weighted by atomic mass is 79.9. The van der Waals surface area contributed by atoms with Gasteiger partial charge in [0.25, 0.3) is 5.91 Å². The highest BCUT2D eigenvalue weighted by Crippen LogP contribution is 2.35. The molecular formula is C17H16BrClN2O4. The van der Waals surface area contributed by atoms with Crippen molar-refractivity contribution in [1.29, 1.82) is 0 Å². The summed E-state index contributed by atoms with van der Waals surface area (Å²) in [6.45, 7) is -0.215. The van der Waals surface area contributed by atoms with Crippen LogP contribution >= 0.6 is 27.5 Å². The van der Waals surface area contributed by atoms with Crippen LogP contribution in [0.25, 0.3) is 0 Å².